The Hall–Kier alpha value is -2.63. The molecule has 15 nitrogen and oxygen atoms in total. The van der Waals surface area contributed by atoms with Crippen LogP contribution in [0.25, 0.3) is 0 Å². The van der Waals surface area contributed by atoms with Crippen LogP contribution >= 0.6 is 0 Å². The molecule has 0 aromatic rings. The molecule has 0 bridgehead atoms. The van der Waals surface area contributed by atoms with Gasteiger partial charge in [0.1, 0.15) is 0 Å². The molecular formula is C30H48Al2O15. The van der Waals surface area contributed by atoms with Crippen molar-refractivity contribution < 1.29 is 73.8 Å². The number of ketones is 3. The summed E-state index contributed by atoms with van der Waals surface area (Å²) < 4.78 is 0. The number of carbonyl (C=O) groups is 9. The van der Waals surface area contributed by atoms with E-state index in [0.717, 1.165) is 0 Å². The van der Waals surface area contributed by atoms with Gasteiger partial charge in [0.25, 0.3) is 0 Å². The first kappa shape index (κ1) is 63.1. The number of hydrogen-bond acceptors (Lipinski definition) is 15. The SMILES string of the molecule is CC(C)C[O-].CC(C)C[O-].CC(C)C[O-].CCC(C(=O)[O-])C(=O)C=O.CCC(C(=O)[O-])C(=O)C=O.CCC(C(=O)[O-])C(=O)C=O.[Al+3].[Al+3]. The maximum atomic E-state index is 10.4. The average Bonchev–Trinajstić information content (AvgIpc) is 2.98. The minimum atomic E-state index is -1.49. The van der Waals surface area contributed by atoms with E-state index in [1.807, 2.05) is 41.5 Å². The van der Waals surface area contributed by atoms with Crippen LogP contribution in [0.15, 0.2) is 0 Å². The van der Waals surface area contributed by atoms with Crippen LogP contribution in [0.3, 0.4) is 0 Å². The molecule has 0 saturated heterocycles. The van der Waals surface area contributed by atoms with Crippen LogP contribution in [-0.4, -0.2) is 109 Å². The van der Waals surface area contributed by atoms with Crippen molar-refractivity contribution in [2.45, 2.75) is 81.6 Å². The molecule has 0 aromatic heterocycles. The van der Waals surface area contributed by atoms with E-state index in [9.17, 15) is 73.8 Å². The molecule has 0 N–H and O–H groups in total. The van der Waals surface area contributed by atoms with Crippen molar-refractivity contribution in [3.63, 3.8) is 0 Å². The fraction of sp³-hybridized carbons (Fsp3) is 0.700. The van der Waals surface area contributed by atoms with E-state index in [4.69, 9.17) is 0 Å². The van der Waals surface area contributed by atoms with Crippen LogP contribution < -0.4 is 30.6 Å². The second-order valence-electron chi connectivity index (χ2n) is 10.1. The van der Waals surface area contributed by atoms with Gasteiger partial charge in [-0.3, -0.25) is 28.8 Å². The zero-order chi connectivity index (χ0) is 37.3. The Labute approximate surface area is 298 Å². The molecule has 0 amide bonds. The van der Waals surface area contributed by atoms with Crippen LogP contribution in [0.2, 0.25) is 0 Å². The number of aldehydes is 3. The van der Waals surface area contributed by atoms with Gasteiger partial charge in [0.15, 0.2) is 18.9 Å². The van der Waals surface area contributed by atoms with E-state index in [2.05, 4.69) is 0 Å². The maximum absolute atomic E-state index is 10.4. The van der Waals surface area contributed by atoms with Crippen molar-refractivity contribution in [1.29, 1.82) is 0 Å². The van der Waals surface area contributed by atoms with Crippen molar-refractivity contribution in [2.24, 2.45) is 35.5 Å². The summed E-state index contributed by atoms with van der Waals surface area (Å²) in [5.74, 6) is -10.1. The van der Waals surface area contributed by atoms with Crippen LogP contribution in [0, 0.1) is 35.5 Å². The molecule has 0 spiro atoms. The zero-order valence-electron chi connectivity index (χ0n) is 28.7. The Bertz CT molecular complexity index is 751. The summed E-state index contributed by atoms with van der Waals surface area (Å²) in [7, 11) is 0. The van der Waals surface area contributed by atoms with Crippen molar-refractivity contribution in [3.05, 3.63) is 0 Å². The third-order valence-electron chi connectivity index (χ3n) is 4.46. The van der Waals surface area contributed by atoms with Gasteiger partial charge in [-0.05, 0) is 19.3 Å². The van der Waals surface area contributed by atoms with Crippen LogP contribution in [0.1, 0.15) is 81.6 Å². The first-order chi connectivity index (χ1) is 20.7. The van der Waals surface area contributed by atoms with Crippen molar-refractivity contribution in [3.8, 4) is 0 Å². The molecule has 17 heteroatoms. The normalized spacial score (nSPS) is 10.8. The zero-order valence-corrected chi connectivity index (χ0v) is 31.0. The van der Waals surface area contributed by atoms with Crippen LogP contribution in [-0.2, 0) is 43.2 Å². The minimum absolute atomic E-state index is 0. The van der Waals surface area contributed by atoms with E-state index in [1.54, 1.807) is 0 Å². The summed E-state index contributed by atoms with van der Waals surface area (Å²) in [5, 5.41) is 59.0. The fourth-order valence-electron chi connectivity index (χ4n) is 1.70. The smallest absolute Gasteiger partial charge is 0.854 e. The number of carboxylic acids is 3. The summed E-state index contributed by atoms with van der Waals surface area (Å²) in [6.45, 7) is 16.1. The van der Waals surface area contributed by atoms with Crippen LogP contribution in [0.5, 0.6) is 0 Å². The molecule has 0 saturated carbocycles. The number of carboxylic acid groups (broad SMARTS) is 3. The van der Waals surface area contributed by atoms with E-state index < -0.39 is 53.0 Å². The molecule has 0 aliphatic rings. The average molecular weight is 703 g/mol. The van der Waals surface area contributed by atoms with E-state index in [-0.39, 0.29) is 92.7 Å². The third kappa shape index (κ3) is 47.9. The summed E-state index contributed by atoms with van der Waals surface area (Å²) >= 11 is 0. The maximum Gasteiger partial charge on any atom is 3.00 e. The van der Waals surface area contributed by atoms with E-state index in [0.29, 0.717) is 17.8 Å². The van der Waals surface area contributed by atoms with Crippen LogP contribution in [0.4, 0.5) is 0 Å². The summed E-state index contributed by atoms with van der Waals surface area (Å²) in [6.07, 6.45) is 0.303. The quantitative estimate of drug-likeness (QED) is 0.0667. The van der Waals surface area contributed by atoms with E-state index >= 15 is 0 Å². The Morgan fingerprint density at radius 2 is 0.574 bits per heavy atom. The van der Waals surface area contributed by atoms with Gasteiger partial charge < -0.3 is 45.0 Å². The molecule has 264 valence electrons. The van der Waals surface area contributed by atoms with Gasteiger partial charge >= 0.3 is 34.7 Å². The predicted molar refractivity (Wildman–Crippen MR) is 160 cm³/mol. The number of hydrogen-bond donors (Lipinski definition) is 0. The number of rotatable bonds is 15. The predicted octanol–water partition coefficient (Wildman–Crippen LogP) is -5.16. The molecule has 3 atom stereocenters. The largest absolute Gasteiger partial charge is 3.00 e. The van der Waals surface area contributed by atoms with Gasteiger partial charge in [-0.2, -0.15) is 0 Å². The molecule has 0 aliphatic carbocycles. The molecular weight excluding hydrogens is 654 g/mol. The van der Waals surface area contributed by atoms with Gasteiger partial charge in [0.2, 0.25) is 17.3 Å². The molecule has 0 radical (unpaired) electrons. The Kier molecular flexibility index (Phi) is 58.2. The van der Waals surface area contributed by atoms with Gasteiger partial charge in [0, 0.05) is 0 Å². The monoisotopic (exact) mass is 702 g/mol. The van der Waals surface area contributed by atoms with Gasteiger partial charge in [-0.1, -0.05) is 80.1 Å². The third-order valence-corrected chi connectivity index (χ3v) is 4.46. The Balaban J connectivity index is -0.0000000660. The topological polar surface area (TPSA) is 292 Å². The van der Waals surface area contributed by atoms with Crippen molar-refractivity contribution in [1.82, 2.24) is 0 Å². The minimum Gasteiger partial charge on any atom is -0.854 e. The molecule has 47 heavy (non-hydrogen) atoms. The molecule has 0 rings (SSSR count). The molecule has 0 fully saturated rings. The fourth-order valence-corrected chi connectivity index (χ4v) is 1.70. The first-order valence-corrected chi connectivity index (χ1v) is 14.0. The second-order valence-corrected chi connectivity index (χ2v) is 10.1. The van der Waals surface area contributed by atoms with Crippen molar-refractivity contribution >= 4 is 88.8 Å². The van der Waals surface area contributed by atoms with Gasteiger partial charge in [-0.15, -0.1) is 19.8 Å². The summed E-state index contributed by atoms with van der Waals surface area (Å²) in [5.41, 5.74) is 0. The Morgan fingerprint density at radius 3 is 0.596 bits per heavy atom. The molecule has 0 aromatic carbocycles. The number of aliphatic carboxylic acids is 3. The van der Waals surface area contributed by atoms with Crippen molar-refractivity contribution in [2.75, 3.05) is 19.8 Å². The van der Waals surface area contributed by atoms with Gasteiger partial charge in [0.05, 0.1) is 35.7 Å². The van der Waals surface area contributed by atoms with E-state index in [1.165, 1.54) is 20.8 Å². The summed E-state index contributed by atoms with van der Waals surface area (Å²) in [6, 6.07) is 0. The molecule has 3 unspecified atom stereocenters. The second kappa shape index (κ2) is 43.4. The number of Topliss-reactive ketones (excluding diaryl/α,β-unsaturated/α-hetero) is 3. The molecule has 0 heterocycles. The van der Waals surface area contributed by atoms with Gasteiger partial charge in [-0.25, -0.2) is 0 Å². The first-order valence-electron chi connectivity index (χ1n) is 14.0. The Morgan fingerprint density at radius 1 is 0.447 bits per heavy atom. The summed E-state index contributed by atoms with van der Waals surface area (Å²) in [4.78, 5) is 90.6. The number of carbonyl (C=O) groups excluding carboxylic acids is 9. The molecule has 0 aliphatic heterocycles. The standard InChI is InChI=1S/3C6H8O4.3C4H9O.2Al/c3*1-2-4(6(9)10)5(8)3-7;3*1-4(2)3-5;;/h3*3-4H,2H2,1H3,(H,9,10);3*4H,3H2,1-2H3;;/q;;;3*-1;2*+3/p-3.